The lowest BCUT2D eigenvalue weighted by Crippen LogP contribution is -2.27. The number of carbonyl (C=O) groups excluding carboxylic acids is 1. The number of fused-ring (bicyclic) bond motifs is 2. The molecule has 0 aliphatic heterocycles. The molecule has 1 atom stereocenters. The summed E-state index contributed by atoms with van der Waals surface area (Å²) in [5.41, 5.74) is 1.53. The number of thiazole rings is 1. The van der Waals surface area contributed by atoms with Crippen LogP contribution in [0.15, 0.2) is 35.4 Å². The molecule has 1 N–H and O–H groups in total. The second-order valence-corrected chi connectivity index (χ2v) is 7.73. The third kappa shape index (κ3) is 3.26. The average molecular weight is 368 g/mol. The number of benzene rings is 1. The Morgan fingerprint density at radius 3 is 3.08 bits per heavy atom. The van der Waals surface area contributed by atoms with Crippen molar-refractivity contribution in [3.63, 3.8) is 0 Å². The lowest BCUT2D eigenvalue weighted by molar-refractivity contribution is -0.116. The van der Waals surface area contributed by atoms with Crippen LogP contribution in [0.25, 0.3) is 10.9 Å². The summed E-state index contributed by atoms with van der Waals surface area (Å²) in [6, 6.07) is 7.13. The van der Waals surface area contributed by atoms with E-state index in [4.69, 9.17) is 0 Å². The third-order valence-electron chi connectivity index (χ3n) is 4.91. The zero-order valence-electron chi connectivity index (χ0n) is 14.6. The Balaban J connectivity index is 1.49. The van der Waals surface area contributed by atoms with E-state index >= 15 is 0 Å². The molecule has 0 saturated carbocycles. The van der Waals surface area contributed by atoms with E-state index in [2.05, 4.69) is 22.2 Å². The third-order valence-corrected chi connectivity index (χ3v) is 5.95. The quantitative estimate of drug-likeness (QED) is 0.768. The van der Waals surface area contributed by atoms with Gasteiger partial charge in [0.15, 0.2) is 5.13 Å². The summed E-state index contributed by atoms with van der Waals surface area (Å²) in [5, 5.41) is 3.97. The molecule has 2 aromatic heterocycles. The molecule has 1 aliphatic rings. The van der Waals surface area contributed by atoms with Crippen molar-refractivity contribution in [2.45, 2.75) is 39.2 Å². The lowest BCUT2D eigenvalue weighted by atomic mass is 9.89. The van der Waals surface area contributed by atoms with Gasteiger partial charge in [0, 0.05) is 4.88 Å². The summed E-state index contributed by atoms with van der Waals surface area (Å²) in [5.74, 6) is 0.455. The van der Waals surface area contributed by atoms with Gasteiger partial charge < -0.3 is 5.32 Å². The molecule has 1 amide bonds. The van der Waals surface area contributed by atoms with Gasteiger partial charge in [0.1, 0.15) is 6.54 Å². The van der Waals surface area contributed by atoms with Crippen LogP contribution in [0.5, 0.6) is 0 Å². The molecular formula is C19H20N4O2S. The first kappa shape index (κ1) is 16.9. The van der Waals surface area contributed by atoms with Gasteiger partial charge in [-0.15, -0.1) is 11.3 Å². The molecule has 134 valence electrons. The molecule has 7 heteroatoms. The van der Waals surface area contributed by atoms with E-state index in [0.717, 1.165) is 18.5 Å². The lowest BCUT2D eigenvalue weighted by Gasteiger charge is -2.18. The Bertz CT molecular complexity index is 1020. The predicted octanol–water partition coefficient (Wildman–Crippen LogP) is 3.01. The number of nitrogens with zero attached hydrogens (tertiary/aromatic N) is 3. The van der Waals surface area contributed by atoms with E-state index in [1.165, 1.54) is 28.6 Å². The fraction of sp³-hybridized carbons (Fsp3) is 0.368. The fourth-order valence-corrected chi connectivity index (χ4v) is 4.52. The second-order valence-electron chi connectivity index (χ2n) is 6.65. The molecule has 0 radical (unpaired) electrons. The predicted molar refractivity (Wildman–Crippen MR) is 103 cm³/mol. The van der Waals surface area contributed by atoms with Gasteiger partial charge in [-0.2, -0.15) is 0 Å². The summed E-state index contributed by atoms with van der Waals surface area (Å²) < 4.78 is 1.33. The molecule has 1 unspecified atom stereocenters. The average Bonchev–Trinajstić information content (AvgIpc) is 3.05. The maximum absolute atomic E-state index is 12.5. The number of rotatable bonds is 4. The van der Waals surface area contributed by atoms with Crippen LogP contribution in [0.2, 0.25) is 0 Å². The van der Waals surface area contributed by atoms with Crippen LogP contribution >= 0.6 is 11.3 Å². The van der Waals surface area contributed by atoms with Crippen LogP contribution in [-0.2, 0) is 24.2 Å². The topological polar surface area (TPSA) is 76.9 Å². The Morgan fingerprint density at radius 2 is 2.23 bits per heavy atom. The highest BCUT2D eigenvalue weighted by Crippen LogP contribution is 2.33. The largest absolute Gasteiger partial charge is 0.300 e. The molecule has 3 aromatic rings. The SMILES string of the molecule is CCC1CCc2nc(NC(=O)Cn3cnc4ccccc4c3=O)sc2C1. The molecule has 1 aliphatic carbocycles. The Labute approximate surface area is 154 Å². The minimum atomic E-state index is -0.262. The van der Waals surface area contributed by atoms with Gasteiger partial charge in [-0.25, -0.2) is 9.97 Å². The van der Waals surface area contributed by atoms with Crippen LogP contribution in [0.1, 0.15) is 30.3 Å². The van der Waals surface area contributed by atoms with Crippen molar-refractivity contribution in [1.29, 1.82) is 0 Å². The van der Waals surface area contributed by atoms with Crippen LogP contribution in [-0.4, -0.2) is 20.4 Å². The second kappa shape index (κ2) is 6.99. The van der Waals surface area contributed by atoms with Gasteiger partial charge in [0.05, 0.1) is 22.9 Å². The van der Waals surface area contributed by atoms with Gasteiger partial charge in [0.2, 0.25) is 5.91 Å². The molecule has 26 heavy (non-hydrogen) atoms. The first-order chi connectivity index (χ1) is 12.6. The number of anilines is 1. The van der Waals surface area contributed by atoms with Crippen molar-refractivity contribution in [2.24, 2.45) is 5.92 Å². The normalized spacial score (nSPS) is 16.4. The van der Waals surface area contributed by atoms with Crippen LogP contribution in [0.3, 0.4) is 0 Å². The molecular weight excluding hydrogens is 348 g/mol. The minimum absolute atomic E-state index is 0.0709. The minimum Gasteiger partial charge on any atom is -0.300 e. The number of hydrogen-bond acceptors (Lipinski definition) is 5. The summed E-state index contributed by atoms with van der Waals surface area (Å²) in [6.45, 7) is 2.15. The van der Waals surface area contributed by atoms with Crippen LogP contribution in [0.4, 0.5) is 5.13 Å². The summed E-state index contributed by atoms with van der Waals surface area (Å²) in [4.78, 5) is 34.9. The van der Waals surface area contributed by atoms with Crippen molar-refractivity contribution in [3.05, 3.63) is 51.5 Å². The Morgan fingerprint density at radius 1 is 1.38 bits per heavy atom. The van der Waals surface area contributed by atoms with E-state index < -0.39 is 0 Å². The summed E-state index contributed by atoms with van der Waals surface area (Å²) >= 11 is 1.55. The van der Waals surface area contributed by atoms with E-state index in [-0.39, 0.29) is 18.0 Å². The zero-order valence-corrected chi connectivity index (χ0v) is 15.4. The first-order valence-electron chi connectivity index (χ1n) is 8.86. The molecule has 4 rings (SSSR count). The molecule has 0 saturated heterocycles. The highest BCUT2D eigenvalue weighted by atomic mass is 32.1. The van der Waals surface area contributed by atoms with E-state index in [9.17, 15) is 9.59 Å². The standard InChI is InChI=1S/C19H20N4O2S/c1-2-12-7-8-15-16(9-12)26-19(21-15)22-17(24)10-23-11-20-14-6-4-3-5-13(14)18(23)25/h3-6,11-12H,2,7-10H2,1H3,(H,21,22,24). The maximum Gasteiger partial charge on any atom is 0.261 e. The first-order valence-corrected chi connectivity index (χ1v) is 9.68. The van der Waals surface area contributed by atoms with E-state index in [1.54, 1.807) is 29.5 Å². The molecule has 2 heterocycles. The fourth-order valence-electron chi connectivity index (χ4n) is 3.38. The Hall–Kier alpha value is -2.54. The highest BCUT2D eigenvalue weighted by Gasteiger charge is 2.22. The molecule has 6 nitrogen and oxygen atoms in total. The van der Waals surface area contributed by atoms with Crippen molar-refractivity contribution in [2.75, 3.05) is 5.32 Å². The number of carbonyl (C=O) groups is 1. The molecule has 0 spiro atoms. The van der Waals surface area contributed by atoms with E-state index in [0.29, 0.717) is 22.0 Å². The van der Waals surface area contributed by atoms with Crippen molar-refractivity contribution >= 4 is 33.3 Å². The van der Waals surface area contributed by atoms with Crippen molar-refractivity contribution < 1.29 is 4.79 Å². The number of nitrogens with one attached hydrogen (secondary N) is 1. The highest BCUT2D eigenvalue weighted by molar-refractivity contribution is 7.15. The van der Waals surface area contributed by atoms with E-state index in [1.807, 2.05) is 6.07 Å². The van der Waals surface area contributed by atoms with Crippen molar-refractivity contribution in [3.8, 4) is 0 Å². The Kier molecular flexibility index (Phi) is 4.55. The number of amides is 1. The molecule has 0 fully saturated rings. The van der Waals surface area contributed by atoms with Gasteiger partial charge >= 0.3 is 0 Å². The van der Waals surface area contributed by atoms with Crippen LogP contribution < -0.4 is 10.9 Å². The smallest absolute Gasteiger partial charge is 0.261 e. The number of aromatic nitrogens is 3. The number of hydrogen-bond donors (Lipinski definition) is 1. The number of para-hydroxylation sites is 1. The number of aryl methyl sites for hydroxylation is 1. The van der Waals surface area contributed by atoms with Gasteiger partial charge in [-0.1, -0.05) is 25.5 Å². The van der Waals surface area contributed by atoms with Gasteiger partial charge in [0.25, 0.3) is 5.56 Å². The zero-order chi connectivity index (χ0) is 18.1. The van der Waals surface area contributed by atoms with Gasteiger partial charge in [-0.05, 0) is 37.3 Å². The van der Waals surface area contributed by atoms with Crippen molar-refractivity contribution in [1.82, 2.24) is 14.5 Å². The van der Waals surface area contributed by atoms with Gasteiger partial charge in [-0.3, -0.25) is 14.2 Å². The summed E-state index contributed by atoms with van der Waals surface area (Å²) in [7, 11) is 0. The monoisotopic (exact) mass is 368 g/mol. The summed E-state index contributed by atoms with van der Waals surface area (Å²) in [6.07, 6.45) is 5.79. The molecule has 0 bridgehead atoms. The maximum atomic E-state index is 12.5. The van der Waals surface area contributed by atoms with Crippen LogP contribution in [0, 0.1) is 5.92 Å². The molecule has 1 aromatic carbocycles.